The number of hydrogen-bond donors (Lipinski definition) is 1. The van der Waals surface area contributed by atoms with Gasteiger partial charge in [0.1, 0.15) is 12.4 Å². The van der Waals surface area contributed by atoms with Gasteiger partial charge in [0.05, 0.1) is 10.9 Å². The third kappa shape index (κ3) is 6.34. The Morgan fingerprint density at radius 1 is 0.881 bits per heavy atom. The van der Waals surface area contributed by atoms with E-state index in [0.717, 1.165) is 31.5 Å². The molecule has 0 unspecified atom stereocenters. The second-order valence-electron chi connectivity index (χ2n) is 13.1. The van der Waals surface area contributed by atoms with E-state index in [0.29, 0.717) is 53.7 Å². The molecule has 0 aromatic heterocycles. The number of aliphatic carboxylic acids is 1. The summed E-state index contributed by atoms with van der Waals surface area (Å²) >= 11 is 10.8. The minimum atomic E-state index is -0.913. The van der Waals surface area contributed by atoms with Crippen molar-refractivity contribution in [3.05, 3.63) is 83.5 Å². The topological polar surface area (TPSA) is 83.9 Å². The van der Waals surface area contributed by atoms with E-state index in [4.69, 9.17) is 4.74 Å². The fraction of sp³-hybridized carbons (Fsp3) is 0.424. The maximum Gasteiger partial charge on any atom is 0.305 e. The van der Waals surface area contributed by atoms with Crippen molar-refractivity contribution in [1.29, 1.82) is 0 Å². The highest BCUT2D eigenvalue weighted by Crippen LogP contribution is 2.56. The van der Waals surface area contributed by atoms with Gasteiger partial charge in [0, 0.05) is 62.4 Å². The van der Waals surface area contributed by atoms with Crippen LogP contribution in [0.4, 0.5) is 0 Å². The number of carboxylic acids is 1. The molecule has 1 aliphatic heterocycles. The van der Waals surface area contributed by atoms with E-state index in [1.807, 2.05) is 41.3 Å². The lowest BCUT2D eigenvalue weighted by Crippen LogP contribution is -2.45. The first kappa shape index (κ1) is 31.2. The quantitative estimate of drug-likeness (QED) is 0.304. The summed E-state index contributed by atoms with van der Waals surface area (Å²) in [6.45, 7) is 8.80. The molecular weight excluding hydrogens is 730 g/mol. The van der Waals surface area contributed by atoms with Crippen molar-refractivity contribution in [1.82, 2.24) is 4.90 Å². The van der Waals surface area contributed by atoms with Gasteiger partial charge in [-0.1, -0.05) is 71.7 Å². The molecule has 0 amide bonds. The molecule has 3 aliphatic rings. The number of nitrogens with zero attached hydrogens (tertiary/aromatic N) is 1. The predicted octanol–water partition coefficient (Wildman–Crippen LogP) is 8.71. The monoisotopic (exact) mass is 761 g/mol. The molecule has 1 heterocycles. The van der Waals surface area contributed by atoms with Crippen LogP contribution in [-0.4, -0.2) is 34.1 Å². The molecular formula is C33H34Br3NO5. The number of carbonyl (C=O) groups excluding carboxylic acids is 2. The molecule has 1 N–H and O–H groups in total. The Labute approximate surface area is 272 Å². The van der Waals surface area contributed by atoms with Gasteiger partial charge in [0.15, 0.2) is 11.6 Å². The maximum atomic E-state index is 14.1. The van der Waals surface area contributed by atoms with E-state index in [2.05, 4.69) is 75.5 Å². The molecule has 42 heavy (non-hydrogen) atoms. The molecule has 2 aliphatic carbocycles. The van der Waals surface area contributed by atoms with Crippen LogP contribution in [0, 0.1) is 10.8 Å². The Morgan fingerprint density at radius 3 is 1.95 bits per heavy atom. The lowest BCUT2D eigenvalue weighted by Gasteiger charge is -2.49. The largest absolute Gasteiger partial charge is 0.487 e. The first-order valence-electron chi connectivity index (χ1n) is 14.0. The van der Waals surface area contributed by atoms with Crippen molar-refractivity contribution >= 4 is 65.3 Å². The van der Waals surface area contributed by atoms with Gasteiger partial charge in [0.2, 0.25) is 0 Å². The molecule has 9 heteroatoms. The van der Waals surface area contributed by atoms with Crippen LogP contribution in [0.25, 0.3) is 0 Å². The zero-order valence-electron chi connectivity index (χ0n) is 24.2. The van der Waals surface area contributed by atoms with Gasteiger partial charge in [0.25, 0.3) is 0 Å². The van der Waals surface area contributed by atoms with Gasteiger partial charge in [-0.15, -0.1) is 0 Å². The first-order valence-corrected chi connectivity index (χ1v) is 16.4. The highest BCUT2D eigenvalue weighted by atomic mass is 79.9. The van der Waals surface area contributed by atoms with E-state index < -0.39 is 11.9 Å². The van der Waals surface area contributed by atoms with Gasteiger partial charge >= 0.3 is 5.97 Å². The molecule has 0 radical (unpaired) electrons. The number of halogens is 3. The molecule has 0 bridgehead atoms. The highest BCUT2D eigenvalue weighted by Gasteiger charge is 2.49. The Morgan fingerprint density at radius 2 is 1.43 bits per heavy atom. The summed E-state index contributed by atoms with van der Waals surface area (Å²) in [6, 6.07) is 11.7. The highest BCUT2D eigenvalue weighted by molar-refractivity contribution is 9.11. The average molecular weight is 764 g/mol. The summed E-state index contributed by atoms with van der Waals surface area (Å²) in [6.07, 6.45) is 1.83. The number of Topliss-reactive ketones (excluding diaryl/α,β-unsaturated/α-hetero) is 2. The Balaban J connectivity index is 1.73. The summed E-state index contributed by atoms with van der Waals surface area (Å²) in [5.74, 6) is -0.962. The van der Waals surface area contributed by atoms with E-state index >= 15 is 0 Å². The van der Waals surface area contributed by atoms with Crippen LogP contribution in [0.15, 0.2) is 72.4 Å². The number of hydrogen-bond acceptors (Lipinski definition) is 5. The fourth-order valence-corrected chi connectivity index (χ4v) is 8.16. The van der Waals surface area contributed by atoms with E-state index in [-0.39, 0.29) is 35.4 Å². The second kappa shape index (κ2) is 11.7. The van der Waals surface area contributed by atoms with E-state index in [9.17, 15) is 19.5 Å². The van der Waals surface area contributed by atoms with Crippen LogP contribution < -0.4 is 4.74 Å². The summed E-state index contributed by atoms with van der Waals surface area (Å²) < 4.78 is 8.97. The number of carbonyl (C=O) groups is 3. The summed E-state index contributed by atoms with van der Waals surface area (Å²) in [4.78, 5) is 42.0. The smallest absolute Gasteiger partial charge is 0.305 e. The van der Waals surface area contributed by atoms with Crippen LogP contribution in [-0.2, 0) is 21.0 Å². The van der Waals surface area contributed by atoms with Crippen LogP contribution in [0.5, 0.6) is 5.75 Å². The number of ketones is 2. The van der Waals surface area contributed by atoms with Crippen molar-refractivity contribution in [2.45, 2.75) is 72.3 Å². The minimum absolute atomic E-state index is 0.00860. The lowest BCUT2D eigenvalue weighted by atomic mass is 9.63. The Bertz CT molecular complexity index is 1480. The second-order valence-corrected chi connectivity index (χ2v) is 15.7. The molecule has 0 saturated heterocycles. The molecule has 222 valence electrons. The SMILES string of the molecule is CC1(C)CC(=O)C2=C(C1)N(CCC(=O)O)C1=C(C(=O)CC(C)(C)C1)C2c1cc(Br)cc(Br)c1OCc1ccc(Br)cc1. The van der Waals surface area contributed by atoms with Gasteiger partial charge in [-0.3, -0.25) is 14.4 Å². The third-order valence-corrected chi connectivity index (χ3v) is 9.79. The van der Waals surface area contributed by atoms with Crippen LogP contribution in [0.2, 0.25) is 0 Å². The summed E-state index contributed by atoms with van der Waals surface area (Å²) in [5.41, 5.74) is 3.97. The third-order valence-electron chi connectivity index (χ3n) is 8.22. The van der Waals surface area contributed by atoms with Gasteiger partial charge in [-0.25, -0.2) is 0 Å². The standard InChI is InChI=1S/C33H34Br3NO5/c1-32(2)13-23-29(25(38)15-32)28(30-24(37(23)10-9-27(40)41)14-33(3,4)16-26(30)39)21-11-20(35)12-22(36)31(21)42-17-18-5-7-19(34)8-6-18/h5-8,11-12,28H,9-10,13-17H2,1-4H3,(H,40,41). The number of carboxylic acid groups (broad SMARTS) is 1. The summed E-state index contributed by atoms with van der Waals surface area (Å²) in [7, 11) is 0. The normalized spacial score (nSPS) is 20.0. The Hall–Kier alpha value is -2.23. The molecule has 0 atom stereocenters. The number of allylic oxidation sites excluding steroid dienone is 4. The maximum absolute atomic E-state index is 14.1. The van der Waals surface area contributed by atoms with Gasteiger partial charge in [-0.2, -0.15) is 0 Å². The van der Waals surface area contributed by atoms with Crippen LogP contribution in [0.3, 0.4) is 0 Å². The minimum Gasteiger partial charge on any atom is -0.487 e. The Kier molecular flexibility index (Phi) is 8.69. The summed E-state index contributed by atoms with van der Waals surface area (Å²) in [5, 5.41) is 9.62. The van der Waals surface area contributed by atoms with Crippen LogP contribution >= 0.6 is 47.8 Å². The average Bonchev–Trinajstić information content (AvgIpc) is 2.85. The van der Waals surface area contributed by atoms with Gasteiger partial charge < -0.3 is 14.7 Å². The molecule has 2 aromatic carbocycles. The van der Waals surface area contributed by atoms with E-state index in [1.165, 1.54) is 0 Å². The van der Waals surface area contributed by atoms with E-state index in [1.54, 1.807) is 0 Å². The van der Waals surface area contributed by atoms with Crippen molar-refractivity contribution in [3.63, 3.8) is 0 Å². The van der Waals surface area contributed by atoms with Crippen molar-refractivity contribution in [2.24, 2.45) is 10.8 Å². The van der Waals surface area contributed by atoms with Crippen molar-refractivity contribution < 1.29 is 24.2 Å². The fourth-order valence-electron chi connectivity index (χ4n) is 6.52. The number of rotatable bonds is 7. The van der Waals surface area contributed by atoms with Crippen LogP contribution in [0.1, 0.15) is 76.8 Å². The molecule has 0 spiro atoms. The lowest BCUT2D eigenvalue weighted by molar-refractivity contribution is -0.137. The van der Waals surface area contributed by atoms with Crippen molar-refractivity contribution in [2.75, 3.05) is 6.54 Å². The molecule has 6 nitrogen and oxygen atoms in total. The molecule has 2 aromatic rings. The number of benzene rings is 2. The van der Waals surface area contributed by atoms with Crippen molar-refractivity contribution in [3.8, 4) is 5.75 Å². The van der Waals surface area contributed by atoms with Gasteiger partial charge in [-0.05, 0) is 69.4 Å². The zero-order chi connectivity index (χ0) is 30.6. The first-order chi connectivity index (χ1) is 19.7. The predicted molar refractivity (Wildman–Crippen MR) is 172 cm³/mol. The zero-order valence-corrected chi connectivity index (χ0v) is 28.9. The molecule has 0 saturated carbocycles. The number of ether oxygens (including phenoxy) is 1. The molecule has 0 fully saturated rings. The molecule has 5 rings (SSSR count).